The summed E-state index contributed by atoms with van der Waals surface area (Å²) in [4.78, 5) is 0. The summed E-state index contributed by atoms with van der Waals surface area (Å²) in [5, 5.41) is 25.8. The molecule has 0 saturated heterocycles. The molecule has 0 spiro atoms. The molecule has 0 radical (unpaired) electrons. The van der Waals surface area contributed by atoms with Crippen molar-refractivity contribution in [3.05, 3.63) is 461 Å². The molecular weight excluding hydrogens is 1420 g/mol. The smallest absolute Gasteiger partial charge is 0.00201 e. The van der Waals surface area contributed by atoms with E-state index in [0.717, 1.165) is 0 Å². The van der Waals surface area contributed by atoms with Gasteiger partial charge in [0.25, 0.3) is 0 Å². The van der Waals surface area contributed by atoms with E-state index in [2.05, 4.69) is 461 Å². The normalized spacial score (nSPS) is 11.6. The summed E-state index contributed by atoms with van der Waals surface area (Å²) in [6.45, 7) is 0. The van der Waals surface area contributed by atoms with Gasteiger partial charge in [-0.05, 0) is 242 Å². The largest absolute Gasteiger partial charge is 0.0622 e. The Morgan fingerprint density at radius 2 is 0.356 bits per heavy atom. The van der Waals surface area contributed by atoms with Gasteiger partial charge in [0.1, 0.15) is 0 Å². The topological polar surface area (TPSA) is 0 Å². The molecule has 0 saturated carbocycles. The molecule has 23 aromatic rings. The zero-order valence-corrected chi connectivity index (χ0v) is 64.9. The average molecular weight is 1490 g/mol. The zero-order valence-electron chi connectivity index (χ0n) is 64.9. The van der Waals surface area contributed by atoms with Crippen LogP contribution >= 0.6 is 0 Å². The summed E-state index contributed by atoms with van der Waals surface area (Å²) < 4.78 is 0. The summed E-state index contributed by atoms with van der Waals surface area (Å²) in [6.07, 6.45) is 0. The Balaban J connectivity index is 0.000000107. The standard InChI is InChI=1S/C42H26.C40H26.C36H24/c1-2-11-27(12-3-1)28-21-23-29(24-22-28)40-33-15-6-8-17-35(33)42(36-18-9-7-16-34(36)40)39-26-25-38-31-14-5-4-13-30(31)32-19-10-20-37(39)41(32)38;1-2-11-27(12-3-1)28-21-23-30(24-22-28)39-35-15-6-8-17-37(35)40(38-18-9-7-16-36(38)39)34-20-10-19-32-31-14-5-4-13-29(31)25-26-33(32)34;1-2-11-25(12-3-1)28-15-10-16-29(23-28)35-31-17-6-8-19-33(31)36(34-20-9-7-18-32(34)35)30-22-21-26-13-4-5-14-27(26)24-30/h1-26H;1-26H;1-24H. The highest BCUT2D eigenvalue weighted by Crippen LogP contribution is 2.54. The second kappa shape index (κ2) is 29.6. The lowest BCUT2D eigenvalue weighted by atomic mass is 9.84. The van der Waals surface area contributed by atoms with E-state index >= 15 is 0 Å². The molecule has 118 heavy (non-hydrogen) atoms. The number of hydrogen-bond donors (Lipinski definition) is 0. The molecule has 0 fully saturated rings. The van der Waals surface area contributed by atoms with Gasteiger partial charge in [0.2, 0.25) is 0 Å². The fourth-order valence-electron chi connectivity index (χ4n) is 19.2. The van der Waals surface area contributed by atoms with E-state index in [1.165, 1.54) is 230 Å². The van der Waals surface area contributed by atoms with Crippen molar-refractivity contribution < 1.29 is 0 Å². The molecule has 1 aliphatic rings. The maximum absolute atomic E-state index is 2.35. The number of rotatable bonds is 9. The number of fused-ring (bicyclic) bond motifs is 13. The molecule has 0 bridgehead atoms. The van der Waals surface area contributed by atoms with E-state index in [1.807, 2.05) is 0 Å². The first-order valence-corrected chi connectivity index (χ1v) is 40.9. The Morgan fingerprint density at radius 1 is 0.0932 bits per heavy atom. The van der Waals surface area contributed by atoms with Crippen LogP contribution in [-0.2, 0) is 0 Å². The fraction of sp³-hybridized carbons (Fsp3) is 0. The van der Waals surface area contributed by atoms with Gasteiger partial charge in [-0.3, -0.25) is 0 Å². The van der Waals surface area contributed by atoms with Crippen LogP contribution in [0.15, 0.2) is 461 Å². The number of benzene rings is 23. The maximum atomic E-state index is 2.35. The van der Waals surface area contributed by atoms with Crippen LogP contribution in [0.25, 0.3) is 230 Å². The molecule has 0 atom stereocenters. The summed E-state index contributed by atoms with van der Waals surface area (Å²) in [5.74, 6) is 0. The van der Waals surface area contributed by atoms with Crippen molar-refractivity contribution in [3.8, 4) is 122 Å². The zero-order chi connectivity index (χ0) is 78.0. The lowest BCUT2D eigenvalue weighted by Crippen LogP contribution is -1.92. The molecule has 0 heteroatoms. The van der Waals surface area contributed by atoms with Crippen LogP contribution in [0, 0.1) is 0 Å². The van der Waals surface area contributed by atoms with Crippen LogP contribution in [0.3, 0.4) is 0 Å². The third-order valence-electron chi connectivity index (χ3n) is 24.5. The highest BCUT2D eigenvalue weighted by molar-refractivity contribution is 6.29. The molecule has 1 aliphatic carbocycles. The predicted molar refractivity (Wildman–Crippen MR) is 508 cm³/mol. The highest BCUT2D eigenvalue weighted by Gasteiger charge is 2.26. The summed E-state index contributed by atoms with van der Waals surface area (Å²) >= 11 is 0. The quantitative estimate of drug-likeness (QED) is 0.0998. The average Bonchev–Trinajstić information content (AvgIpc) is 1.67. The van der Waals surface area contributed by atoms with Crippen LogP contribution < -0.4 is 0 Å². The lowest BCUT2D eigenvalue weighted by Gasteiger charge is -2.19. The van der Waals surface area contributed by atoms with Crippen molar-refractivity contribution in [1.82, 2.24) is 0 Å². The van der Waals surface area contributed by atoms with E-state index in [4.69, 9.17) is 0 Å². The second-order valence-electron chi connectivity index (χ2n) is 31.0. The molecule has 0 nitrogen and oxygen atoms in total. The SMILES string of the molecule is c1ccc(-c2ccc(-c3c4ccccc4c(-c4ccc5c6c(cccc46)-c4ccccc4-5)c4ccccc34)cc2)cc1.c1ccc(-c2ccc(-c3c4ccccc4c(-c4cccc5c4ccc4ccccc45)c4ccccc34)cc2)cc1.c1ccc(-c2cccc(-c3c4ccccc4c(-c4ccc5ccccc5c4)c4ccccc34)c2)cc1. The van der Waals surface area contributed by atoms with Crippen molar-refractivity contribution in [3.63, 3.8) is 0 Å². The van der Waals surface area contributed by atoms with Crippen molar-refractivity contribution in [2.24, 2.45) is 0 Å². The van der Waals surface area contributed by atoms with Crippen LogP contribution in [0.1, 0.15) is 0 Å². The molecule has 548 valence electrons. The van der Waals surface area contributed by atoms with Gasteiger partial charge in [0, 0.05) is 0 Å². The van der Waals surface area contributed by atoms with Crippen molar-refractivity contribution >= 4 is 108 Å². The van der Waals surface area contributed by atoms with Crippen LogP contribution in [-0.4, -0.2) is 0 Å². The first-order valence-electron chi connectivity index (χ1n) is 40.9. The van der Waals surface area contributed by atoms with Gasteiger partial charge >= 0.3 is 0 Å². The third-order valence-corrected chi connectivity index (χ3v) is 24.5. The Labute approximate surface area is 686 Å². The maximum Gasteiger partial charge on any atom is -0.00201 e. The van der Waals surface area contributed by atoms with E-state index in [9.17, 15) is 0 Å². The van der Waals surface area contributed by atoms with E-state index in [0.29, 0.717) is 0 Å². The van der Waals surface area contributed by atoms with Gasteiger partial charge in [-0.25, -0.2) is 0 Å². The molecular formula is C118H76. The van der Waals surface area contributed by atoms with Crippen LogP contribution in [0.5, 0.6) is 0 Å². The summed E-state index contributed by atoms with van der Waals surface area (Å²) in [5.41, 5.74) is 28.1. The molecule has 0 aromatic heterocycles. The minimum absolute atomic E-state index is 1.23. The fourth-order valence-corrected chi connectivity index (χ4v) is 19.2. The van der Waals surface area contributed by atoms with E-state index in [-0.39, 0.29) is 0 Å². The Hall–Kier alpha value is -15.3. The molecule has 0 heterocycles. The van der Waals surface area contributed by atoms with E-state index in [1.54, 1.807) is 0 Å². The molecule has 0 unspecified atom stereocenters. The lowest BCUT2D eigenvalue weighted by molar-refractivity contribution is 1.61. The first kappa shape index (κ1) is 69.4. The molecule has 0 aliphatic heterocycles. The highest BCUT2D eigenvalue weighted by atomic mass is 14.3. The monoisotopic (exact) mass is 1490 g/mol. The van der Waals surface area contributed by atoms with Crippen molar-refractivity contribution in [1.29, 1.82) is 0 Å². The summed E-state index contributed by atoms with van der Waals surface area (Å²) in [6, 6.07) is 168. The molecule has 24 rings (SSSR count). The van der Waals surface area contributed by atoms with Gasteiger partial charge < -0.3 is 0 Å². The summed E-state index contributed by atoms with van der Waals surface area (Å²) in [7, 11) is 0. The van der Waals surface area contributed by atoms with Gasteiger partial charge in [0.15, 0.2) is 0 Å². The van der Waals surface area contributed by atoms with Crippen molar-refractivity contribution in [2.75, 3.05) is 0 Å². The van der Waals surface area contributed by atoms with Gasteiger partial charge in [-0.2, -0.15) is 0 Å². The Kier molecular flexibility index (Phi) is 17.4. The predicted octanol–water partition coefficient (Wildman–Crippen LogP) is 33.2. The Morgan fingerprint density at radius 3 is 0.822 bits per heavy atom. The third kappa shape index (κ3) is 12.0. The van der Waals surface area contributed by atoms with Gasteiger partial charge in [0.05, 0.1) is 0 Å². The minimum Gasteiger partial charge on any atom is -0.0622 e. The second-order valence-corrected chi connectivity index (χ2v) is 31.0. The van der Waals surface area contributed by atoms with Crippen LogP contribution in [0.4, 0.5) is 0 Å². The van der Waals surface area contributed by atoms with Crippen molar-refractivity contribution in [2.45, 2.75) is 0 Å². The minimum atomic E-state index is 1.23. The molecule has 23 aromatic carbocycles. The Bertz CT molecular complexity index is 7670. The van der Waals surface area contributed by atoms with E-state index < -0.39 is 0 Å². The molecule has 0 amide bonds. The molecule has 0 N–H and O–H groups in total. The number of hydrogen-bond acceptors (Lipinski definition) is 0. The van der Waals surface area contributed by atoms with Gasteiger partial charge in [-0.1, -0.05) is 449 Å². The van der Waals surface area contributed by atoms with Gasteiger partial charge in [-0.15, -0.1) is 0 Å². The van der Waals surface area contributed by atoms with Crippen LogP contribution in [0.2, 0.25) is 0 Å². The first-order chi connectivity index (χ1) is 58.6.